The van der Waals surface area contributed by atoms with Gasteiger partial charge in [-0.05, 0) is 74.9 Å². The lowest BCUT2D eigenvalue weighted by atomic mass is 9.96. The number of aliphatic hydroxyl groups excluding tert-OH is 1. The molecule has 702 valence electrons. The Hall–Kier alpha value is -14.5. The third-order valence-corrected chi connectivity index (χ3v) is 20.1. The molecule has 4 aromatic rings. The number of carbonyl (C=O) groups is 22. The van der Waals surface area contributed by atoms with Crippen LogP contribution in [-0.4, -0.2) is 265 Å². The topological polar surface area (TPSA) is 774 Å². The Balaban J connectivity index is 1.64. The monoisotopic (exact) mass is 1810 g/mol. The number of nitrogen functional groups attached to an aromatic ring is 2. The Morgan fingerprint density at radius 3 is 1.61 bits per heavy atom. The number of aliphatic hydroxyl groups is 1. The van der Waals surface area contributed by atoms with Crippen LogP contribution >= 0.6 is 0 Å². The third kappa shape index (κ3) is 35.4. The molecule has 1 aliphatic rings. The number of cyclic esters (lactones) is 1. The number of unbranched alkanes of at least 4 members (excludes halogenated alkanes) is 6. The fourth-order valence-corrected chi connectivity index (χ4v) is 13.2. The van der Waals surface area contributed by atoms with Crippen molar-refractivity contribution in [1.29, 1.82) is 0 Å². The highest BCUT2D eigenvalue weighted by atomic mass is 16.5. The summed E-state index contributed by atoms with van der Waals surface area (Å²) in [4.78, 5) is 306. The molecular formula is C82H111N19O28. The summed E-state index contributed by atoms with van der Waals surface area (Å²) >= 11 is 0. The van der Waals surface area contributed by atoms with E-state index in [1.807, 2.05) is 16.0 Å². The van der Waals surface area contributed by atoms with Crippen LogP contribution in [0.1, 0.15) is 163 Å². The van der Waals surface area contributed by atoms with Gasteiger partial charge in [0, 0.05) is 71.8 Å². The van der Waals surface area contributed by atoms with Gasteiger partial charge < -0.3 is 133 Å². The lowest BCUT2D eigenvalue weighted by Crippen LogP contribution is -2.62. The van der Waals surface area contributed by atoms with Gasteiger partial charge in [-0.2, -0.15) is 0 Å². The molecule has 5 rings (SSSR count). The van der Waals surface area contributed by atoms with E-state index < -0.39 is 292 Å². The number of esters is 1. The highest BCUT2D eigenvalue weighted by Crippen LogP contribution is 2.22. The molecule has 1 aliphatic heterocycles. The van der Waals surface area contributed by atoms with Crippen molar-refractivity contribution in [2.45, 2.75) is 222 Å². The predicted molar refractivity (Wildman–Crippen MR) is 452 cm³/mol. The minimum Gasteiger partial charge on any atom is -0.481 e. The van der Waals surface area contributed by atoms with Crippen LogP contribution in [0.25, 0.3) is 10.9 Å². The van der Waals surface area contributed by atoms with Gasteiger partial charge in [-0.25, -0.2) is 4.79 Å². The first-order valence-electron chi connectivity index (χ1n) is 41.2. The van der Waals surface area contributed by atoms with Crippen molar-refractivity contribution < 1.29 is 136 Å². The number of anilines is 2. The van der Waals surface area contributed by atoms with Crippen molar-refractivity contribution in [3.63, 3.8) is 0 Å². The summed E-state index contributed by atoms with van der Waals surface area (Å²) in [7, 11) is 0. The summed E-state index contributed by atoms with van der Waals surface area (Å²) in [5, 5.41) is 81.5. The first kappa shape index (κ1) is 105. The maximum Gasteiger partial charge on any atom is 0.329 e. The molecule has 129 heavy (non-hydrogen) atoms. The van der Waals surface area contributed by atoms with Gasteiger partial charge in [0.1, 0.15) is 72.6 Å². The molecule has 0 spiro atoms. The summed E-state index contributed by atoms with van der Waals surface area (Å²) in [6, 6.07) is -7.11. The van der Waals surface area contributed by atoms with Crippen molar-refractivity contribution >= 4 is 152 Å². The van der Waals surface area contributed by atoms with Crippen LogP contribution < -0.4 is 97.4 Å². The second-order valence-corrected chi connectivity index (χ2v) is 30.6. The molecule has 1 saturated heterocycles. The van der Waals surface area contributed by atoms with Crippen molar-refractivity contribution in [1.82, 2.24) is 79.4 Å². The molecule has 2 heterocycles. The van der Waals surface area contributed by atoms with E-state index in [0.717, 1.165) is 52.9 Å². The molecule has 47 heteroatoms. The molecule has 1 aromatic heterocycles. The normalized spacial score (nSPS) is 20.3. The second-order valence-electron chi connectivity index (χ2n) is 30.6. The minimum absolute atomic E-state index is 0.0409. The van der Waals surface area contributed by atoms with Crippen molar-refractivity contribution in [2.75, 3.05) is 37.7 Å². The van der Waals surface area contributed by atoms with E-state index in [9.17, 15) is 126 Å². The number of hydrogen-bond acceptors (Lipinski definition) is 27. The van der Waals surface area contributed by atoms with Crippen LogP contribution in [0.4, 0.5) is 11.4 Å². The van der Waals surface area contributed by atoms with Gasteiger partial charge in [-0.3, -0.25) is 101 Å². The summed E-state index contributed by atoms with van der Waals surface area (Å²) in [5.41, 5.74) is 24.4. The van der Waals surface area contributed by atoms with Crippen LogP contribution in [0.5, 0.6) is 0 Å². The number of hydrogen-bond donors (Lipinski definition) is 24. The van der Waals surface area contributed by atoms with E-state index in [-0.39, 0.29) is 41.8 Å². The standard InChI is InChI=1S/C82H111N19O28/c1-5-6-7-8-9-10-11-26-62(106)93-52(29-43-36-88-50-24-17-14-19-44(43)50)76(122)96-53(32-61(86)105)77(123)98-56(35-68(115)116)78(124)101-70-42(4)129-82(128)57(31-60(104)46-21-13-16-23-48(46)84)99-81(127)69(40(2)28-65(109)110)100-79(125)58(39-102)94-64(108)37-89-73(119)54(33-66(111)112)95-71(117)41(3)91-75(121)55(34-67(113)114)97-74(120)51(92-63(107)38-90-80(70)126)25-18-27-87-72(118)49(85)30-59(103)45-20-12-15-22-47(45)83/h12-17,19-24,36,40-42,49,51-58,69-70,88,102H,5-11,18,25-35,37-39,83-85H2,1-4H3,(H2,86,105)(H,87,118)(H,89,119)(H,90,126)(H,91,121)(H,92,107)(H,93,106)(H,94,108)(H,95,117)(H,96,122)(H,97,120)(H,98,123)(H,99,127)(H,100,125)(H,101,124)(H,109,110)(H,111,112)(H,113,114)(H,115,116)/t40-,41-,42?,49+,51+,52+,53+,54+,55?,56+,57+,58-,69?,70?/m1/s1. The third-order valence-electron chi connectivity index (χ3n) is 20.1. The average molecular weight is 1810 g/mol. The molecule has 1 fully saturated rings. The van der Waals surface area contributed by atoms with E-state index in [2.05, 4.69) is 70.4 Å². The second kappa shape index (κ2) is 52.4. The highest BCUT2D eigenvalue weighted by Gasteiger charge is 2.42. The summed E-state index contributed by atoms with van der Waals surface area (Å²) in [6.45, 7) is 0.596. The summed E-state index contributed by atoms with van der Waals surface area (Å²) < 4.78 is 5.72. The van der Waals surface area contributed by atoms with Crippen molar-refractivity contribution in [3.8, 4) is 0 Å². The number of amides is 15. The number of benzene rings is 3. The zero-order valence-corrected chi connectivity index (χ0v) is 71.1. The zero-order chi connectivity index (χ0) is 95.9. The molecule has 47 nitrogen and oxygen atoms in total. The molecule has 0 aliphatic carbocycles. The average Bonchev–Trinajstić information content (AvgIpc) is 1.72. The van der Waals surface area contributed by atoms with Crippen LogP contribution in [-0.2, 0) is 107 Å². The molecule has 0 saturated carbocycles. The lowest BCUT2D eigenvalue weighted by molar-refractivity contribution is -0.156. The fraction of sp³-hybridized carbons (Fsp3) is 0.488. The van der Waals surface area contributed by atoms with Gasteiger partial charge in [0.2, 0.25) is 88.6 Å². The maximum atomic E-state index is 15.0. The van der Waals surface area contributed by atoms with Gasteiger partial charge in [0.25, 0.3) is 0 Å². The number of carboxylic acids is 4. The number of fused-ring (bicyclic) bond motifs is 1. The Bertz CT molecular complexity index is 4770. The van der Waals surface area contributed by atoms with Gasteiger partial charge in [0.15, 0.2) is 11.6 Å². The highest BCUT2D eigenvalue weighted by molar-refractivity contribution is 6.06. The Morgan fingerprint density at radius 1 is 0.504 bits per heavy atom. The molecule has 0 bridgehead atoms. The molecule has 4 unspecified atom stereocenters. The smallest absolute Gasteiger partial charge is 0.329 e. The van der Waals surface area contributed by atoms with Crippen molar-refractivity contribution in [2.24, 2.45) is 17.4 Å². The number of aromatic nitrogens is 1. The number of para-hydroxylation sites is 3. The number of Topliss-reactive ketones (excluding diaryl/α,β-unsaturated/α-hetero) is 2. The first-order chi connectivity index (χ1) is 61.0. The number of rotatable bonds is 40. The molecule has 28 N–H and O–H groups in total. The van der Waals surface area contributed by atoms with Crippen LogP contribution in [0, 0.1) is 5.92 Å². The summed E-state index contributed by atoms with van der Waals surface area (Å²) in [5.74, 6) is -32.3. The van der Waals surface area contributed by atoms with Crippen molar-refractivity contribution in [3.05, 3.63) is 95.7 Å². The van der Waals surface area contributed by atoms with Crippen LogP contribution in [0.15, 0.2) is 79.0 Å². The number of aliphatic carboxylic acids is 4. The SMILES string of the molecule is CCCCCCCCCC(=O)N[C@@H](Cc1c[nH]c2ccccc12)C(=O)N[C@@H](CC(N)=O)C(=O)N[C@@H](CC(=O)O)C(=O)NC1C(=O)NCC(=O)N[C@@H](CCCNC(=O)[C@@H](N)CC(=O)c2ccccc2N)C(=O)NC(CC(=O)O)C(=O)N[C@H](C)C(=O)N[C@@H](CC(=O)O)C(=O)NCC(=O)N[C@H](CO)C(=O)NC([C@H](C)CC(=O)O)C(=O)N[C@@H](CC(=O)c2ccccc2N)C(=O)OC1C. The quantitative estimate of drug-likeness (QED) is 0.00856. The van der Waals surface area contributed by atoms with Gasteiger partial charge in [0.05, 0.1) is 57.8 Å². The Labute approximate surface area is 737 Å². The number of ether oxygens (including phenoxy) is 1. The van der Waals surface area contributed by atoms with Gasteiger partial charge >= 0.3 is 29.8 Å². The largest absolute Gasteiger partial charge is 0.481 e. The van der Waals surface area contributed by atoms with Gasteiger partial charge in [-0.15, -0.1) is 0 Å². The number of carbonyl (C=O) groups excluding carboxylic acids is 18. The fourth-order valence-electron chi connectivity index (χ4n) is 13.2. The van der Waals surface area contributed by atoms with E-state index in [0.29, 0.717) is 29.3 Å². The minimum atomic E-state index is -2.53. The van der Waals surface area contributed by atoms with Crippen LogP contribution in [0.3, 0.4) is 0 Å². The lowest BCUT2D eigenvalue weighted by Gasteiger charge is -2.30. The van der Waals surface area contributed by atoms with E-state index in [4.69, 9.17) is 27.7 Å². The first-order valence-corrected chi connectivity index (χ1v) is 41.2. The Kier molecular flexibility index (Phi) is 42.7. The number of ketones is 2. The Morgan fingerprint density at radius 2 is 1.02 bits per heavy atom. The number of nitrogens with two attached hydrogens (primary N) is 4. The number of nitrogens with one attached hydrogen (secondary N) is 15. The molecule has 0 radical (unpaired) electrons. The predicted octanol–water partition coefficient (Wildman–Crippen LogP) is -5.28. The molecule has 3 aromatic carbocycles. The number of primary amides is 1. The molecule has 15 amide bonds. The van der Waals surface area contributed by atoms with E-state index in [1.165, 1.54) is 42.5 Å². The van der Waals surface area contributed by atoms with Crippen LogP contribution in [0.2, 0.25) is 0 Å². The number of aromatic amines is 1. The summed E-state index contributed by atoms with van der Waals surface area (Å²) in [6.07, 6.45) is -3.93. The number of H-pyrrole nitrogens is 1. The molecular weight excluding hydrogens is 1700 g/mol. The maximum absolute atomic E-state index is 15.0. The number of carboxylic acid groups (broad SMARTS) is 4. The van der Waals surface area contributed by atoms with E-state index >= 15 is 4.79 Å². The zero-order valence-electron chi connectivity index (χ0n) is 71.1. The van der Waals surface area contributed by atoms with Gasteiger partial charge in [-0.1, -0.05) is 94.8 Å². The van der Waals surface area contributed by atoms with E-state index in [1.54, 1.807) is 36.5 Å². The molecule has 14 atom stereocenters.